The number of para-hydroxylation sites is 2. The van der Waals surface area contributed by atoms with Crippen molar-refractivity contribution < 1.29 is 4.74 Å². The van der Waals surface area contributed by atoms with Crippen LogP contribution in [0.1, 0.15) is 18.1 Å². The van der Waals surface area contributed by atoms with Gasteiger partial charge in [-0.15, -0.1) is 0 Å². The van der Waals surface area contributed by atoms with Crippen molar-refractivity contribution in [3.63, 3.8) is 0 Å². The minimum absolute atomic E-state index is 0.795. The molecule has 0 aliphatic heterocycles. The lowest BCUT2D eigenvalue weighted by atomic mass is 10.1. The van der Waals surface area contributed by atoms with Gasteiger partial charge in [0.25, 0.3) is 0 Å². The summed E-state index contributed by atoms with van der Waals surface area (Å²) in [7, 11) is 1.66. The van der Waals surface area contributed by atoms with Gasteiger partial charge in [0.15, 0.2) is 0 Å². The largest absolute Gasteiger partial charge is 0.494 e. The molecule has 2 nitrogen and oxygen atoms in total. The Hall–Kier alpha value is -2.09. The number of benzene rings is 2. The van der Waals surface area contributed by atoms with Crippen molar-refractivity contribution >= 4 is 11.4 Å². The summed E-state index contributed by atoms with van der Waals surface area (Å²) in [5, 5.41) is 0. The monoisotopic (exact) mass is 239 g/mol. The van der Waals surface area contributed by atoms with Gasteiger partial charge < -0.3 is 4.74 Å². The number of aliphatic imine (C=N–C) groups is 1. The number of ether oxygens (including phenoxy) is 1. The molecule has 18 heavy (non-hydrogen) atoms. The van der Waals surface area contributed by atoms with E-state index in [0.717, 1.165) is 22.7 Å². The predicted octanol–water partition coefficient (Wildman–Crippen LogP) is 4.14. The minimum Gasteiger partial charge on any atom is -0.494 e. The summed E-state index contributed by atoms with van der Waals surface area (Å²) in [4.78, 5) is 4.62. The van der Waals surface area contributed by atoms with Crippen LogP contribution in [0.3, 0.4) is 0 Å². The third-order valence-electron chi connectivity index (χ3n) is 2.84. The van der Waals surface area contributed by atoms with E-state index in [-0.39, 0.29) is 0 Å². The smallest absolute Gasteiger partial charge is 0.144 e. The Labute approximate surface area is 108 Å². The molecule has 2 heteroatoms. The average Bonchev–Trinajstić information content (AvgIpc) is 2.40. The van der Waals surface area contributed by atoms with Gasteiger partial charge >= 0.3 is 0 Å². The van der Waals surface area contributed by atoms with E-state index >= 15 is 0 Å². The molecular formula is C16H17NO. The third-order valence-corrected chi connectivity index (χ3v) is 2.84. The molecular weight excluding hydrogens is 222 g/mol. The summed E-state index contributed by atoms with van der Waals surface area (Å²) in [6.45, 7) is 4.09. The van der Waals surface area contributed by atoms with Crippen molar-refractivity contribution in [3.8, 4) is 5.75 Å². The van der Waals surface area contributed by atoms with E-state index < -0.39 is 0 Å². The lowest BCUT2D eigenvalue weighted by Crippen LogP contribution is -1.94. The molecule has 0 bridgehead atoms. The highest BCUT2D eigenvalue weighted by molar-refractivity contribution is 6.00. The number of hydrogen-bond donors (Lipinski definition) is 0. The summed E-state index contributed by atoms with van der Waals surface area (Å²) in [5.74, 6) is 0.795. The number of methoxy groups -OCH3 is 1. The van der Waals surface area contributed by atoms with E-state index in [0.29, 0.717) is 0 Å². The number of hydrogen-bond acceptors (Lipinski definition) is 2. The molecule has 92 valence electrons. The van der Waals surface area contributed by atoms with Crippen LogP contribution in [0, 0.1) is 6.92 Å². The van der Waals surface area contributed by atoms with Gasteiger partial charge in [0.05, 0.1) is 7.11 Å². The van der Waals surface area contributed by atoms with Crippen LogP contribution < -0.4 is 4.74 Å². The first kappa shape index (κ1) is 12.4. The van der Waals surface area contributed by atoms with Gasteiger partial charge in [0, 0.05) is 5.71 Å². The van der Waals surface area contributed by atoms with E-state index in [2.05, 4.69) is 36.2 Å². The van der Waals surface area contributed by atoms with Crippen molar-refractivity contribution in [2.75, 3.05) is 7.11 Å². The summed E-state index contributed by atoms with van der Waals surface area (Å²) in [6, 6.07) is 16.1. The maximum atomic E-state index is 5.29. The molecule has 2 aromatic rings. The first-order valence-corrected chi connectivity index (χ1v) is 5.96. The van der Waals surface area contributed by atoms with Crippen molar-refractivity contribution in [3.05, 3.63) is 59.7 Å². The first-order valence-electron chi connectivity index (χ1n) is 5.96. The van der Waals surface area contributed by atoms with Crippen molar-refractivity contribution in [1.29, 1.82) is 0 Å². The number of nitrogens with zero attached hydrogens (tertiary/aromatic N) is 1. The second-order valence-electron chi connectivity index (χ2n) is 4.24. The Bertz CT molecular complexity index is 556. The molecule has 0 saturated heterocycles. The van der Waals surface area contributed by atoms with Crippen LogP contribution in [0.5, 0.6) is 5.75 Å². The summed E-state index contributed by atoms with van der Waals surface area (Å²) in [6.07, 6.45) is 0. The van der Waals surface area contributed by atoms with Gasteiger partial charge in [0.1, 0.15) is 11.4 Å². The third kappa shape index (κ3) is 2.77. The average molecular weight is 239 g/mol. The second-order valence-corrected chi connectivity index (χ2v) is 4.24. The Balaban J connectivity index is 2.35. The lowest BCUT2D eigenvalue weighted by Gasteiger charge is -2.06. The maximum Gasteiger partial charge on any atom is 0.144 e. The fourth-order valence-electron chi connectivity index (χ4n) is 1.76. The van der Waals surface area contributed by atoms with Gasteiger partial charge in [-0.1, -0.05) is 42.0 Å². The zero-order valence-corrected chi connectivity index (χ0v) is 11.0. The van der Waals surface area contributed by atoms with E-state index in [4.69, 9.17) is 4.74 Å². The number of aryl methyl sites for hydroxylation is 1. The van der Waals surface area contributed by atoms with Gasteiger partial charge in [-0.2, -0.15) is 0 Å². The van der Waals surface area contributed by atoms with Crippen LogP contribution in [0.25, 0.3) is 0 Å². The molecule has 0 aliphatic carbocycles. The van der Waals surface area contributed by atoms with E-state index in [1.807, 2.05) is 31.2 Å². The highest BCUT2D eigenvalue weighted by Crippen LogP contribution is 2.27. The maximum absolute atomic E-state index is 5.29. The van der Waals surface area contributed by atoms with E-state index in [9.17, 15) is 0 Å². The fourth-order valence-corrected chi connectivity index (χ4v) is 1.76. The topological polar surface area (TPSA) is 21.6 Å². The summed E-state index contributed by atoms with van der Waals surface area (Å²) >= 11 is 0. The Kier molecular flexibility index (Phi) is 3.78. The van der Waals surface area contributed by atoms with Crippen LogP contribution in [-0.2, 0) is 0 Å². The van der Waals surface area contributed by atoms with Crippen LogP contribution in [-0.4, -0.2) is 12.8 Å². The molecule has 0 spiro atoms. The molecule has 0 aliphatic rings. The van der Waals surface area contributed by atoms with Gasteiger partial charge in [0.2, 0.25) is 0 Å². The van der Waals surface area contributed by atoms with Crippen molar-refractivity contribution in [1.82, 2.24) is 0 Å². The lowest BCUT2D eigenvalue weighted by molar-refractivity contribution is 0.416. The standard InChI is InChI=1S/C16H17NO/c1-12-8-10-14(11-9-12)13(2)17-15-6-4-5-7-16(15)18-3/h4-11H,1-3H3/b17-13-. The van der Waals surface area contributed by atoms with Crippen molar-refractivity contribution in [2.45, 2.75) is 13.8 Å². The molecule has 0 heterocycles. The molecule has 0 fully saturated rings. The van der Waals surface area contributed by atoms with Crippen molar-refractivity contribution in [2.24, 2.45) is 4.99 Å². The van der Waals surface area contributed by atoms with Crippen LogP contribution in [0.4, 0.5) is 5.69 Å². The SMILES string of the molecule is COc1ccccc1/N=C(/C)c1ccc(C)cc1. The van der Waals surface area contributed by atoms with Gasteiger partial charge in [-0.25, -0.2) is 4.99 Å². The first-order chi connectivity index (χ1) is 8.70. The molecule has 0 amide bonds. The highest BCUT2D eigenvalue weighted by Gasteiger charge is 2.02. The molecule has 0 atom stereocenters. The zero-order chi connectivity index (χ0) is 13.0. The molecule has 0 aromatic heterocycles. The highest BCUT2D eigenvalue weighted by atomic mass is 16.5. The minimum atomic E-state index is 0.795. The Morgan fingerprint density at radius 2 is 1.67 bits per heavy atom. The van der Waals surface area contributed by atoms with Crippen LogP contribution in [0.15, 0.2) is 53.5 Å². The normalized spacial score (nSPS) is 11.4. The Morgan fingerprint density at radius 1 is 1.00 bits per heavy atom. The van der Waals surface area contributed by atoms with Crippen LogP contribution >= 0.6 is 0 Å². The van der Waals surface area contributed by atoms with Gasteiger partial charge in [-0.05, 0) is 31.5 Å². The van der Waals surface area contributed by atoms with E-state index in [1.165, 1.54) is 5.56 Å². The number of rotatable bonds is 3. The summed E-state index contributed by atoms with van der Waals surface area (Å²) in [5.41, 5.74) is 4.23. The molecule has 0 radical (unpaired) electrons. The van der Waals surface area contributed by atoms with E-state index in [1.54, 1.807) is 7.11 Å². The fraction of sp³-hybridized carbons (Fsp3) is 0.188. The molecule has 0 unspecified atom stereocenters. The van der Waals surface area contributed by atoms with Gasteiger partial charge in [-0.3, -0.25) is 0 Å². The molecule has 0 N–H and O–H groups in total. The Morgan fingerprint density at radius 3 is 2.33 bits per heavy atom. The molecule has 0 saturated carbocycles. The molecule has 2 aromatic carbocycles. The summed E-state index contributed by atoms with van der Waals surface area (Å²) < 4.78 is 5.29. The molecule has 2 rings (SSSR count). The quantitative estimate of drug-likeness (QED) is 0.737. The van der Waals surface area contributed by atoms with Crippen LogP contribution in [0.2, 0.25) is 0 Å². The predicted molar refractivity (Wildman–Crippen MR) is 76.0 cm³/mol. The second kappa shape index (κ2) is 5.50. The zero-order valence-electron chi connectivity index (χ0n) is 11.0.